The summed E-state index contributed by atoms with van der Waals surface area (Å²) in [5, 5.41) is 0. The van der Waals surface area contributed by atoms with Crippen LogP contribution in [0.1, 0.15) is 44.7 Å². The summed E-state index contributed by atoms with van der Waals surface area (Å²) in [6.07, 6.45) is 2.42. The minimum atomic E-state index is 0.344. The average molecular weight is 232 g/mol. The van der Waals surface area contributed by atoms with Crippen LogP contribution in [-0.4, -0.2) is 13.1 Å². The van der Waals surface area contributed by atoms with Crippen LogP contribution in [0.15, 0.2) is 18.2 Å². The Kier molecular flexibility index (Phi) is 3.43. The van der Waals surface area contributed by atoms with Gasteiger partial charge in [-0.15, -0.1) is 0 Å². The zero-order chi connectivity index (χ0) is 12.5. The number of rotatable bonds is 4. The quantitative estimate of drug-likeness (QED) is 0.864. The molecule has 1 aliphatic heterocycles. The molecule has 94 valence electrons. The fraction of sp³-hybridized carbons (Fsp3) is 0.600. The smallest absolute Gasteiger partial charge is 0.0405 e. The Hall–Kier alpha value is -1.02. The molecule has 0 unspecified atom stereocenters. The van der Waals surface area contributed by atoms with Gasteiger partial charge in [-0.1, -0.05) is 26.0 Å². The highest BCUT2D eigenvalue weighted by atomic mass is 15.2. The van der Waals surface area contributed by atoms with Crippen LogP contribution in [-0.2, 0) is 12.0 Å². The van der Waals surface area contributed by atoms with Gasteiger partial charge in [0.25, 0.3) is 0 Å². The van der Waals surface area contributed by atoms with Gasteiger partial charge in [0.05, 0.1) is 0 Å². The number of benzene rings is 1. The number of hydrogen-bond acceptors (Lipinski definition) is 2. The van der Waals surface area contributed by atoms with E-state index in [1.54, 1.807) is 0 Å². The number of likely N-dealkylation sites (N-methyl/N-ethyl adjacent to an activating group) is 1. The molecule has 0 aliphatic carbocycles. The summed E-state index contributed by atoms with van der Waals surface area (Å²) in [6, 6.07) is 6.76. The Balaban J connectivity index is 2.52. The standard InChI is InChI=1S/C15H24N2/c1-4-15(5-2)11-17(6-3)14-8-7-12(10-16)9-13(14)15/h7-9H,4-6,10-11,16H2,1-3H3. The molecular weight excluding hydrogens is 208 g/mol. The first kappa shape index (κ1) is 12.4. The molecule has 0 atom stereocenters. The van der Waals surface area contributed by atoms with Crippen LogP contribution >= 0.6 is 0 Å². The van der Waals surface area contributed by atoms with Crippen molar-refractivity contribution in [3.05, 3.63) is 29.3 Å². The lowest BCUT2D eigenvalue weighted by molar-refractivity contribution is 0.421. The molecule has 2 heteroatoms. The Morgan fingerprint density at radius 1 is 1.24 bits per heavy atom. The van der Waals surface area contributed by atoms with E-state index >= 15 is 0 Å². The van der Waals surface area contributed by atoms with Crippen molar-refractivity contribution in [1.29, 1.82) is 0 Å². The number of nitrogens with two attached hydrogens (primary N) is 1. The first-order chi connectivity index (χ1) is 8.20. The molecular formula is C15H24N2. The second-order valence-electron chi connectivity index (χ2n) is 5.06. The van der Waals surface area contributed by atoms with Gasteiger partial charge < -0.3 is 10.6 Å². The van der Waals surface area contributed by atoms with Crippen molar-refractivity contribution in [3.8, 4) is 0 Å². The van der Waals surface area contributed by atoms with Gasteiger partial charge in [0.15, 0.2) is 0 Å². The van der Waals surface area contributed by atoms with E-state index in [4.69, 9.17) is 5.73 Å². The number of anilines is 1. The van der Waals surface area contributed by atoms with Crippen LogP contribution < -0.4 is 10.6 Å². The van der Waals surface area contributed by atoms with Crippen molar-refractivity contribution in [1.82, 2.24) is 0 Å². The second-order valence-corrected chi connectivity index (χ2v) is 5.06. The summed E-state index contributed by atoms with van der Waals surface area (Å²) >= 11 is 0. The molecule has 0 saturated heterocycles. The molecule has 0 radical (unpaired) electrons. The van der Waals surface area contributed by atoms with Gasteiger partial charge in [0.2, 0.25) is 0 Å². The van der Waals surface area contributed by atoms with E-state index in [1.165, 1.54) is 36.2 Å². The van der Waals surface area contributed by atoms with E-state index in [9.17, 15) is 0 Å². The molecule has 0 saturated carbocycles. The zero-order valence-electron chi connectivity index (χ0n) is 11.3. The third kappa shape index (κ3) is 1.85. The normalized spacial score (nSPS) is 17.3. The monoisotopic (exact) mass is 232 g/mol. The molecule has 0 amide bonds. The van der Waals surface area contributed by atoms with E-state index in [2.05, 4.69) is 43.9 Å². The van der Waals surface area contributed by atoms with Gasteiger partial charge in [-0.2, -0.15) is 0 Å². The predicted octanol–water partition coefficient (Wildman–Crippen LogP) is 3.04. The van der Waals surface area contributed by atoms with E-state index in [1.807, 2.05) is 0 Å². The first-order valence-electron chi connectivity index (χ1n) is 6.79. The molecule has 1 aromatic rings. The highest BCUT2D eigenvalue weighted by molar-refractivity contribution is 5.63. The van der Waals surface area contributed by atoms with Gasteiger partial charge in [-0.05, 0) is 37.0 Å². The summed E-state index contributed by atoms with van der Waals surface area (Å²) in [7, 11) is 0. The zero-order valence-corrected chi connectivity index (χ0v) is 11.3. The van der Waals surface area contributed by atoms with Crippen LogP contribution in [0, 0.1) is 0 Å². The molecule has 2 nitrogen and oxygen atoms in total. The van der Waals surface area contributed by atoms with Crippen LogP contribution in [0.4, 0.5) is 5.69 Å². The maximum absolute atomic E-state index is 5.77. The van der Waals surface area contributed by atoms with Crippen molar-refractivity contribution >= 4 is 5.69 Å². The molecule has 2 N–H and O–H groups in total. The molecule has 17 heavy (non-hydrogen) atoms. The lowest BCUT2D eigenvalue weighted by Gasteiger charge is -2.28. The summed E-state index contributed by atoms with van der Waals surface area (Å²) in [6.45, 7) is 9.75. The van der Waals surface area contributed by atoms with Gasteiger partial charge in [-0.25, -0.2) is 0 Å². The van der Waals surface area contributed by atoms with Gasteiger partial charge in [-0.3, -0.25) is 0 Å². The molecule has 1 heterocycles. The van der Waals surface area contributed by atoms with Crippen LogP contribution in [0.2, 0.25) is 0 Å². The van der Waals surface area contributed by atoms with Crippen LogP contribution in [0.25, 0.3) is 0 Å². The SMILES string of the molecule is CCN1CC(CC)(CC)c2cc(CN)ccc21. The Bertz CT molecular complexity index is 394. The summed E-state index contributed by atoms with van der Waals surface area (Å²) in [5.74, 6) is 0. The fourth-order valence-electron chi connectivity index (χ4n) is 3.08. The van der Waals surface area contributed by atoms with E-state index in [-0.39, 0.29) is 0 Å². The number of hydrogen-bond donors (Lipinski definition) is 1. The van der Waals surface area contributed by atoms with Crippen molar-refractivity contribution in [2.24, 2.45) is 5.73 Å². The van der Waals surface area contributed by atoms with E-state index in [0.29, 0.717) is 12.0 Å². The number of nitrogens with zero attached hydrogens (tertiary/aromatic N) is 1. The average Bonchev–Trinajstić information content (AvgIpc) is 2.72. The van der Waals surface area contributed by atoms with Crippen molar-refractivity contribution < 1.29 is 0 Å². The van der Waals surface area contributed by atoms with Crippen LogP contribution in [0.3, 0.4) is 0 Å². The lowest BCUT2D eigenvalue weighted by Crippen LogP contribution is -2.32. The second kappa shape index (κ2) is 4.69. The molecule has 0 fully saturated rings. The molecule has 0 spiro atoms. The maximum Gasteiger partial charge on any atom is 0.0405 e. The molecule has 0 aromatic heterocycles. The third-order valence-corrected chi connectivity index (χ3v) is 4.44. The van der Waals surface area contributed by atoms with Crippen molar-refractivity contribution in [2.75, 3.05) is 18.0 Å². The minimum absolute atomic E-state index is 0.344. The summed E-state index contributed by atoms with van der Waals surface area (Å²) in [5.41, 5.74) is 10.3. The molecule has 2 rings (SSSR count). The predicted molar refractivity (Wildman–Crippen MR) is 74.5 cm³/mol. The topological polar surface area (TPSA) is 29.3 Å². The fourth-order valence-corrected chi connectivity index (χ4v) is 3.08. The third-order valence-electron chi connectivity index (χ3n) is 4.44. The molecule has 1 aromatic carbocycles. The number of fused-ring (bicyclic) bond motifs is 1. The highest BCUT2D eigenvalue weighted by Gasteiger charge is 2.39. The highest BCUT2D eigenvalue weighted by Crippen LogP contribution is 2.45. The van der Waals surface area contributed by atoms with Gasteiger partial charge >= 0.3 is 0 Å². The van der Waals surface area contributed by atoms with E-state index in [0.717, 1.165) is 6.54 Å². The maximum atomic E-state index is 5.77. The first-order valence-corrected chi connectivity index (χ1v) is 6.79. The van der Waals surface area contributed by atoms with Gasteiger partial charge in [0.1, 0.15) is 0 Å². The Labute approximate surface area is 105 Å². The summed E-state index contributed by atoms with van der Waals surface area (Å²) in [4.78, 5) is 2.50. The largest absolute Gasteiger partial charge is 0.371 e. The van der Waals surface area contributed by atoms with E-state index < -0.39 is 0 Å². The lowest BCUT2D eigenvalue weighted by atomic mass is 9.77. The Morgan fingerprint density at radius 3 is 2.47 bits per heavy atom. The molecule has 0 bridgehead atoms. The minimum Gasteiger partial charge on any atom is -0.371 e. The Morgan fingerprint density at radius 2 is 1.94 bits per heavy atom. The molecule has 1 aliphatic rings. The van der Waals surface area contributed by atoms with Crippen molar-refractivity contribution in [3.63, 3.8) is 0 Å². The summed E-state index contributed by atoms with van der Waals surface area (Å²) < 4.78 is 0. The van der Waals surface area contributed by atoms with Crippen molar-refractivity contribution in [2.45, 2.75) is 45.6 Å². The van der Waals surface area contributed by atoms with Crippen LogP contribution in [0.5, 0.6) is 0 Å². The van der Waals surface area contributed by atoms with Gasteiger partial charge in [0, 0.05) is 30.7 Å².